The highest BCUT2D eigenvalue weighted by atomic mass is 16.5. The Kier molecular flexibility index (Phi) is 9.77. The molecule has 2 amide bonds. The van der Waals surface area contributed by atoms with Crippen LogP contribution in [0.1, 0.15) is 43.4 Å². The van der Waals surface area contributed by atoms with Crippen molar-refractivity contribution in [3.63, 3.8) is 0 Å². The molecule has 0 radical (unpaired) electrons. The van der Waals surface area contributed by atoms with E-state index in [2.05, 4.69) is 35.5 Å². The molecule has 37 heavy (non-hydrogen) atoms. The van der Waals surface area contributed by atoms with Crippen LogP contribution in [-0.2, 0) is 28.9 Å². The van der Waals surface area contributed by atoms with Crippen molar-refractivity contribution < 1.29 is 23.8 Å². The van der Waals surface area contributed by atoms with Crippen molar-refractivity contribution in [2.45, 2.75) is 58.0 Å². The summed E-state index contributed by atoms with van der Waals surface area (Å²) in [4.78, 5) is 30.3. The predicted octanol–water partition coefficient (Wildman–Crippen LogP) is 2.77. The minimum Gasteiger partial charge on any atom is -0.496 e. The lowest BCUT2D eigenvalue weighted by Crippen LogP contribution is -2.44. The Bertz CT molecular complexity index is 1130. The Morgan fingerprint density at radius 2 is 1.78 bits per heavy atom. The highest BCUT2D eigenvalue weighted by Crippen LogP contribution is 2.31. The van der Waals surface area contributed by atoms with Gasteiger partial charge in [-0.3, -0.25) is 14.9 Å². The molecule has 0 aromatic heterocycles. The summed E-state index contributed by atoms with van der Waals surface area (Å²) in [5, 5.41) is 5.75. The summed E-state index contributed by atoms with van der Waals surface area (Å²) < 4.78 is 16.0. The van der Waals surface area contributed by atoms with Crippen LogP contribution in [0.25, 0.3) is 0 Å². The second-order valence-corrected chi connectivity index (χ2v) is 9.41. The largest absolute Gasteiger partial charge is 0.496 e. The van der Waals surface area contributed by atoms with Gasteiger partial charge in [-0.2, -0.15) is 0 Å². The van der Waals surface area contributed by atoms with Crippen molar-refractivity contribution in [3.05, 3.63) is 53.1 Å². The number of carbonyl (C=O) groups is 2. The van der Waals surface area contributed by atoms with Gasteiger partial charge in [0.2, 0.25) is 11.8 Å². The molecular weight excluding hydrogens is 472 g/mol. The van der Waals surface area contributed by atoms with Crippen molar-refractivity contribution in [3.8, 4) is 17.2 Å². The van der Waals surface area contributed by atoms with Crippen LogP contribution < -0.4 is 30.6 Å². The number of amides is 2. The van der Waals surface area contributed by atoms with Crippen LogP contribution in [0, 0.1) is 5.92 Å². The SMILES string of the molecule is CCC(C)C[C@@H](N=C(N)NC(=O)Cc1ccc(OC)c(OC)c1)C(=O)NC1Cc2cccc(OC)c2C1. The van der Waals surface area contributed by atoms with Crippen LogP contribution >= 0.6 is 0 Å². The van der Waals surface area contributed by atoms with Crippen LogP contribution in [0.5, 0.6) is 17.2 Å². The van der Waals surface area contributed by atoms with Gasteiger partial charge in [-0.25, -0.2) is 4.99 Å². The Balaban J connectivity index is 1.65. The molecule has 0 fully saturated rings. The van der Waals surface area contributed by atoms with Gasteiger partial charge < -0.3 is 25.3 Å². The van der Waals surface area contributed by atoms with E-state index >= 15 is 0 Å². The van der Waals surface area contributed by atoms with Gasteiger partial charge in [0.05, 0.1) is 27.8 Å². The number of methoxy groups -OCH3 is 3. The first-order valence-corrected chi connectivity index (χ1v) is 12.6. The van der Waals surface area contributed by atoms with Gasteiger partial charge in [-0.05, 0) is 60.1 Å². The molecule has 9 heteroatoms. The van der Waals surface area contributed by atoms with E-state index in [1.54, 1.807) is 32.4 Å². The summed E-state index contributed by atoms with van der Waals surface area (Å²) in [6.45, 7) is 4.13. The maximum atomic E-state index is 13.3. The molecule has 200 valence electrons. The molecule has 1 aliphatic carbocycles. The number of nitrogens with one attached hydrogen (secondary N) is 2. The van der Waals surface area contributed by atoms with Gasteiger partial charge in [0.25, 0.3) is 0 Å². The van der Waals surface area contributed by atoms with Gasteiger partial charge in [0.1, 0.15) is 11.8 Å². The van der Waals surface area contributed by atoms with Crippen LogP contribution in [0.3, 0.4) is 0 Å². The number of hydrogen-bond acceptors (Lipinski definition) is 6. The van der Waals surface area contributed by atoms with Gasteiger partial charge in [-0.15, -0.1) is 0 Å². The average Bonchev–Trinajstić information content (AvgIpc) is 3.30. The molecule has 2 unspecified atom stereocenters. The first-order chi connectivity index (χ1) is 17.8. The number of fused-ring (bicyclic) bond motifs is 1. The number of guanidine groups is 1. The zero-order valence-corrected chi connectivity index (χ0v) is 22.3. The Morgan fingerprint density at radius 3 is 2.46 bits per heavy atom. The van der Waals surface area contributed by atoms with Crippen LogP contribution in [-0.4, -0.2) is 51.2 Å². The molecule has 4 N–H and O–H groups in total. The number of hydrogen-bond donors (Lipinski definition) is 3. The van der Waals surface area contributed by atoms with Gasteiger partial charge >= 0.3 is 0 Å². The van der Waals surface area contributed by atoms with Crippen molar-refractivity contribution in [2.24, 2.45) is 16.6 Å². The van der Waals surface area contributed by atoms with E-state index in [0.29, 0.717) is 24.3 Å². The fraction of sp³-hybridized carbons (Fsp3) is 0.464. The van der Waals surface area contributed by atoms with E-state index < -0.39 is 6.04 Å². The fourth-order valence-electron chi connectivity index (χ4n) is 4.54. The van der Waals surface area contributed by atoms with Gasteiger partial charge in [0.15, 0.2) is 17.5 Å². The monoisotopic (exact) mass is 510 g/mol. The van der Waals surface area contributed by atoms with E-state index in [1.807, 2.05) is 12.1 Å². The van der Waals surface area contributed by atoms with Crippen LogP contribution in [0.15, 0.2) is 41.4 Å². The summed E-state index contributed by atoms with van der Waals surface area (Å²) in [7, 11) is 4.74. The average molecular weight is 511 g/mol. The molecule has 0 bridgehead atoms. The number of carbonyl (C=O) groups excluding carboxylic acids is 2. The highest BCUT2D eigenvalue weighted by Gasteiger charge is 2.29. The zero-order valence-electron chi connectivity index (χ0n) is 22.3. The normalized spacial score (nSPS) is 16.4. The quantitative estimate of drug-likeness (QED) is 0.315. The third-order valence-corrected chi connectivity index (χ3v) is 6.71. The Hall–Kier alpha value is -3.75. The molecule has 0 aliphatic heterocycles. The predicted molar refractivity (Wildman–Crippen MR) is 143 cm³/mol. The molecule has 0 spiro atoms. The number of ether oxygens (including phenoxy) is 3. The van der Waals surface area contributed by atoms with E-state index in [-0.39, 0.29) is 36.2 Å². The number of aliphatic imine (C=N–C) groups is 1. The number of nitrogens with zero attached hydrogens (tertiary/aromatic N) is 1. The van der Waals surface area contributed by atoms with E-state index in [9.17, 15) is 9.59 Å². The number of nitrogens with two attached hydrogens (primary N) is 1. The maximum Gasteiger partial charge on any atom is 0.245 e. The third-order valence-electron chi connectivity index (χ3n) is 6.71. The topological polar surface area (TPSA) is 124 Å². The number of rotatable bonds is 11. The van der Waals surface area contributed by atoms with Crippen molar-refractivity contribution in [2.75, 3.05) is 21.3 Å². The van der Waals surface area contributed by atoms with Gasteiger partial charge in [0, 0.05) is 6.04 Å². The lowest BCUT2D eigenvalue weighted by atomic mass is 9.99. The molecule has 9 nitrogen and oxygen atoms in total. The minimum absolute atomic E-state index is 0.0469. The second kappa shape index (κ2) is 13.0. The third kappa shape index (κ3) is 7.38. The molecule has 2 aromatic carbocycles. The molecule has 2 aromatic rings. The van der Waals surface area contributed by atoms with Gasteiger partial charge in [-0.1, -0.05) is 38.5 Å². The summed E-state index contributed by atoms with van der Waals surface area (Å²) in [5.41, 5.74) is 9.11. The Labute approximate surface area is 218 Å². The minimum atomic E-state index is -0.707. The molecule has 0 saturated carbocycles. The van der Waals surface area contributed by atoms with Crippen LogP contribution in [0.4, 0.5) is 0 Å². The fourth-order valence-corrected chi connectivity index (χ4v) is 4.54. The first-order valence-electron chi connectivity index (χ1n) is 12.6. The highest BCUT2D eigenvalue weighted by molar-refractivity contribution is 5.98. The van der Waals surface area contributed by atoms with E-state index in [1.165, 1.54) is 12.7 Å². The maximum absolute atomic E-state index is 13.3. The number of benzene rings is 2. The molecular formula is C28H38N4O5. The molecule has 3 rings (SSSR count). The van der Waals surface area contributed by atoms with E-state index in [0.717, 1.165) is 29.7 Å². The van der Waals surface area contributed by atoms with Crippen molar-refractivity contribution >= 4 is 17.8 Å². The lowest BCUT2D eigenvalue weighted by Gasteiger charge is -2.20. The second-order valence-electron chi connectivity index (χ2n) is 9.41. The Morgan fingerprint density at radius 1 is 1.05 bits per heavy atom. The zero-order chi connectivity index (χ0) is 26.9. The smallest absolute Gasteiger partial charge is 0.245 e. The molecule has 3 atom stereocenters. The summed E-state index contributed by atoms with van der Waals surface area (Å²) >= 11 is 0. The van der Waals surface area contributed by atoms with E-state index in [4.69, 9.17) is 19.9 Å². The molecule has 0 saturated heterocycles. The molecule has 0 heterocycles. The standard InChI is InChI=1S/C28H38N4O5/c1-6-17(2)12-22(27(34)30-20-15-19-8-7-9-23(35-3)21(19)16-20)31-28(29)32-26(33)14-18-10-11-24(36-4)25(13-18)37-5/h7-11,13,17,20,22H,6,12,14-16H2,1-5H3,(H,30,34)(H3,29,31,32,33)/t17?,20?,22-/m1/s1. The van der Waals surface area contributed by atoms with Crippen molar-refractivity contribution in [1.82, 2.24) is 10.6 Å². The summed E-state index contributed by atoms with van der Waals surface area (Å²) in [6.07, 6.45) is 2.92. The van der Waals surface area contributed by atoms with Crippen LogP contribution in [0.2, 0.25) is 0 Å². The lowest BCUT2D eigenvalue weighted by molar-refractivity contribution is -0.123. The molecule has 1 aliphatic rings. The summed E-state index contributed by atoms with van der Waals surface area (Å²) in [5.74, 6) is 1.59. The first kappa shape index (κ1) is 27.8. The summed E-state index contributed by atoms with van der Waals surface area (Å²) in [6, 6.07) is 10.5. The van der Waals surface area contributed by atoms with Crippen molar-refractivity contribution in [1.29, 1.82) is 0 Å².